The fraction of sp³-hybridized carbons (Fsp3) is 0.930. The first-order valence-corrected chi connectivity index (χ1v) is 21.4. The molecular formula is C43H82O6. The minimum Gasteiger partial charge on any atom is -0.462 e. The molecule has 0 fully saturated rings. The molecule has 0 saturated carbocycles. The van der Waals surface area contributed by atoms with E-state index in [9.17, 15) is 14.4 Å². The Morgan fingerprint density at radius 1 is 0.388 bits per heavy atom. The summed E-state index contributed by atoms with van der Waals surface area (Å²) in [6.07, 6.45) is 35.5. The zero-order valence-electron chi connectivity index (χ0n) is 33.1. The molecule has 0 aliphatic carbocycles. The van der Waals surface area contributed by atoms with Crippen LogP contribution >= 0.6 is 0 Å². The smallest absolute Gasteiger partial charge is 0.306 e. The highest BCUT2D eigenvalue weighted by atomic mass is 16.6. The highest BCUT2D eigenvalue weighted by molar-refractivity contribution is 5.71. The number of rotatable bonds is 38. The summed E-state index contributed by atoms with van der Waals surface area (Å²) in [4.78, 5) is 37.3. The first-order valence-electron chi connectivity index (χ1n) is 21.4. The van der Waals surface area contributed by atoms with Crippen molar-refractivity contribution in [2.24, 2.45) is 5.92 Å². The molecule has 290 valence electrons. The molecule has 49 heavy (non-hydrogen) atoms. The Labute approximate surface area is 304 Å². The van der Waals surface area contributed by atoms with Gasteiger partial charge in [-0.3, -0.25) is 14.4 Å². The zero-order valence-corrected chi connectivity index (χ0v) is 33.1. The number of hydrogen-bond acceptors (Lipinski definition) is 6. The van der Waals surface area contributed by atoms with E-state index in [2.05, 4.69) is 27.7 Å². The molecule has 0 aromatic carbocycles. The Morgan fingerprint density at radius 3 is 1.00 bits per heavy atom. The maximum Gasteiger partial charge on any atom is 0.306 e. The Kier molecular flexibility index (Phi) is 36.4. The van der Waals surface area contributed by atoms with Gasteiger partial charge in [0, 0.05) is 19.3 Å². The lowest BCUT2D eigenvalue weighted by atomic mass is 10.0. The fourth-order valence-corrected chi connectivity index (χ4v) is 6.27. The highest BCUT2D eigenvalue weighted by Gasteiger charge is 2.19. The molecule has 6 heteroatoms. The number of carbonyl (C=O) groups is 3. The summed E-state index contributed by atoms with van der Waals surface area (Å²) in [6.45, 7) is 8.87. The molecule has 0 rings (SSSR count). The van der Waals surface area contributed by atoms with E-state index in [0.29, 0.717) is 19.3 Å². The lowest BCUT2D eigenvalue weighted by Crippen LogP contribution is -2.30. The third kappa shape index (κ3) is 37.5. The molecule has 6 nitrogen and oxygen atoms in total. The predicted molar refractivity (Wildman–Crippen MR) is 206 cm³/mol. The van der Waals surface area contributed by atoms with Gasteiger partial charge >= 0.3 is 17.9 Å². The molecule has 0 heterocycles. The fourth-order valence-electron chi connectivity index (χ4n) is 6.27. The van der Waals surface area contributed by atoms with Gasteiger partial charge in [-0.2, -0.15) is 0 Å². The van der Waals surface area contributed by atoms with Gasteiger partial charge in [0.1, 0.15) is 13.2 Å². The van der Waals surface area contributed by atoms with Crippen LogP contribution in [0.15, 0.2) is 0 Å². The van der Waals surface area contributed by atoms with Crippen LogP contribution in [0.2, 0.25) is 0 Å². The van der Waals surface area contributed by atoms with Gasteiger partial charge in [0.25, 0.3) is 0 Å². The molecule has 0 radical (unpaired) electrons. The summed E-state index contributed by atoms with van der Waals surface area (Å²) in [5.74, 6) is -0.0768. The van der Waals surface area contributed by atoms with Crippen molar-refractivity contribution in [2.75, 3.05) is 13.2 Å². The maximum atomic E-state index is 12.6. The van der Waals surface area contributed by atoms with Crippen molar-refractivity contribution >= 4 is 17.9 Å². The molecule has 0 spiro atoms. The van der Waals surface area contributed by atoms with Gasteiger partial charge in [-0.25, -0.2) is 0 Å². The molecule has 0 aromatic heterocycles. The molecule has 0 aromatic rings. The van der Waals surface area contributed by atoms with Crippen molar-refractivity contribution in [3.63, 3.8) is 0 Å². The molecule has 0 amide bonds. The van der Waals surface area contributed by atoms with Gasteiger partial charge in [-0.15, -0.1) is 0 Å². The van der Waals surface area contributed by atoms with Crippen LogP contribution in [0.3, 0.4) is 0 Å². The lowest BCUT2D eigenvalue weighted by molar-refractivity contribution is -0.167. The van der Waals surface area contributed by atoms with Crippen LogP contribution < -0.4 is 0 Å². The predicted octanol–water partition coefficient (Wildman–Crippen LogP) is 13.2. The van der Waals surface area contributed by atoms with Gasteiger partial charge in [0.15, 0.2) is 6.10 Å². The van der Waals surface area contributed by atoms with Crippen molar-refractivity contribution in [3.8, 4) is 0 Å². The number of carbonyl (C=O) groups excluding carboxylic acids is 3. The normalized spacial score (nSPS) is 11.9. The van der Waals surface area contributed by atoms with Crippen LogP contribution in [0.1, 0.15) is 233 Å². The molecule has 0 aliphatic heterocycles. The van der Waals surface area contributed by atoms with Crippen molar-refractivity contribution < 1.29 is 28.6 Å². The van der Waals surface area contributed by atoms with Gasteiger partial charge in [0.05, 0.1) is 0 Å². The summed E-state index contributed by atoms with van der Waals surface area (Å²) in [7, 11) is 0. The SMILES string of the molecule is CCCCCCCCCCCCCCCCCC(=O)O[C@H](COC(=O)CCCCCCC)COC(=O)CCCCCCCCCCC(C)C. The summed E-state index contributed by atoms with van der Waals surface area (Å²) < 4.78 is 16.6. The summed E-state index contributed by atoms with van der Waals surface area (Å²) >= 11 is 0. The molecular weight excluding hydrogens is 612 g/mol. The van der Waals surface area contributed by atoms with Crippen molar-refractivity contribution in [3.05, 3.63) is 0 Å². The Balaban J connectivity index is 4.21. The van der Waals surface area contributed by atoms with Crippen molar-refractivity contribution in [2.45, 2.75) is 239 Å². The number of unbranched alkanes of at least 4 members (excludes halogenated alkanes) is 25. The standard InChI is InChI=1S/C43H82O6/c1-5-7-9-11-12-13-14-15-16-17-18-19-24-28-32-36-43(46)49-40(37-47-41(44)34-30-25-10-8-6-2)38-48-42(45)35-31-27-23-21-20-22-26-29-33-39(3)4/h39-40H,5-38H2,1-4H3/t40-/m1/s1. The van der Waals surface area contributed by atoms with E-state index in [-0.39, 0.29) is 31.1 Å². The van der Waals surface area contributed by atoms with E-state index in [1.54, 1.807) is 0 Å². The van der Waals surface area contributed by atoms with E-state index in [1.807, 2.05) is 0 Å². The van der Waals surface area contributed by atoms with Crippen molar-refractivity contribution in [1.82, 2.24) is 0 Å². The Bertz CT molecular complexity index is 736. The summed E-state index contributed by atoms with van der Waals surface area (Å²) in [5, 5.41) is 0. The van der Waals surface area contributed by atoms with Gasteiger partial charge in [0.2, 0.25) is 0 Å². The maximum absolute atomic E-state index is 12.6. The Morgan fingerprint density at radius 2 is 0.673 bits per heavy atom. The summed E-state index contributed by atoms with van der Waals surface area (Å²) in [5.41, 5.74) is 0. The average molecular weight is 695 g/mol. The second-order valence-electron chi connectivity index (χ2n) is 15.1. The van der Waals surface area contributed by atoms with E-state index in [4.69, 9.17) is 14.2 Å². The van der Waals surface area contributed by atoms with E-state index < -0.39 is 6.10 Å². The van der Waals surface area contributed by atoms with Crippen LogP contribution in [-0.2, 0) is 28.6 Å². The van der Waals surface area contributed by atoms with E-state index >= 15 is 0 Å². The van der Waals surface area contributed by atoms with Crippen LogP contribution in [-0.4, -0.2) is 37.2 Å². The average Bonchev–Trinajstić information content (AvgIpc) is 3.08. The minimum atomic E-state index is -0.757. The largest absolute Gasteiger partial charge is 0.462 e. The zero-order chi connectivity index (χ0) is 36.0. The summed E-state index contributed by atoms with van der Waals surface area (Å²) in [6, 6.07) is 0. The van der Waals surface area contributed by atoms with Crippen LogP contribution in [0.5, 0.6) is 0 Å². The number of esters is 3. The van der Waals surface area contributed by atoms with Crippen LogP contribution in [0, 0.1) is 5.92 Å². The molecule has 0 N–H and O–H groups in total. The van der Waals surface area contributed by atoms with Gasteiger partial charge in [-0.1, -0.05) is 195 Å². The minimum absolute atomic E-state index is 0.0659. The van der Waals surface area contributed by atoms with Gasteiger partial charge in [-0.05, 0) is 25.2 Å². The first-order chi connectivity index (χ1) is 23.9. The third-order valence-corrected chi connectivity index (χ3v) is 9.54. The first kappa shape index (κ1) is 47.4. The quantitative estimate of drug-likeness (QED) is 0.0364. The number of hydrogen-bond donors (Lipinski definition) is 0. The van der Waals surface area contributed by atoms with Crippen molar-refractivity contribution in [1.29, 1.82) is 0 Å². The highest BCUT2D eigenvalue weighted by Crippen LogP contribution is 2.16. The second kappa shape index (κ2) is 37.7. The Hall–Kier alpha value is -1.59. The second-order valence-corrected chi connectivity index (χ2v) is 15.1. The number of ether oxygens (including phenoxy) is 3. The topological polar surface area (TPSA) is 78.9 Å². The molecule has 0 aliphatic rings. The van der Waals surface area contributed by atoms with Crippen LogP contribution in [0.25, 0.3) is 0 Å². The third-order valence-electron chi connectivity index (χ3n) is 9.54. The molecule has 0 unspecified atom stereocenters. The van der Waals surface area contributed by atoms with E-state index in [1.165, 1.54) is 122 Å². The van der Waals surface area contributed by atoms with E-state index in [0.717, 1.165) is 70.1 Å². The molecule has 0 saturated heterocycles. The molecule has 1 atom stereocenters. The molecule has 0 bridgehead atoms. The lowest BCUT2D eigenvalue weighted by Gasteiger charge is -2.18. The monoisotopic (exact) mass is 695 g/mol. The van der Waals surface area contributed by atoms with Crippen LogP contribution in [0.4, 0.5) is 0 Å². The van der Waals surface area contributed by atoms with Gasteiger partial charge < -0.3 is 14.2 Å².